The molecule has 150 valence electrons. The number of nitrogens with zero attached hydrogens (tertiary/aromatic N) is 1. The molecule has 6 heteroatoms. The van der Waals surface area contributed by atoms with E-state index in [0.29, 0.717) is 24.0 Å². The summed E-state index contributed by atoms with van der Waals surface area (Å²) in [5.74, 6) is 0.443. The number of para-hydroxylation sites is 1. The Hall–Kier alpha value is -3.02. The van der Waals surface area contributed by atoms with E-state index in [1.54, 1.807) is 32.2 Å². The zero-order valence-electron chi connectivity index (χ0n) is 17.0. The van der Waals surface area contributed by atoms with Crippen molar-refractivity contribution in [3.8, 4) is 11.5 Å². The predicted octanol–water partition coefficient (Wildman–Crippen LogP) is 3.94. The number of likely N-dealkylation sites (N-methyl/N-ethyl adjacent to an activating group) is 1. The van der Waals surface area contributed by atoms with Gasteiger partial charge < -0.3 is 19.1 Å². The van der Waals surface area contributed by atoms with E-state index >= 15 is 0 Å². The lowest BCUT2D eigenvalue weighted by Gasteiger charge is -2.21. The van der Waals surface area contributed by atoms with Crippen LogP contribution in [0.2, 0.25) is 0 Å². The average molecular weight is 385 g/mol. The van der Waals surface area contributed by atoms with Crippen molar-refractivity contribution in [2.24, 2.45) is 5.92 Å². The molecule has 0 aliphatic carbocycles. The maximum absolute atomic E-state index is 12.5. The van der Waals surface area contributed by atoms with Gasteiger partial charge in [0.1, 0.15) is 0 Å². The smallest absolute Gasteiger partial charge is 0.339 e. The van der Waals surface area contributed by atoms with E-state index < -0.39 is 12.1 Å². The summed E-state index contributed by atoms with van der Waals surface area (Å²) >= 11 is 0. The Labute approximate surface area is 166 Å². The summed E-state index contributed by atoms with van der Waals surface area (Å²) in [5, 5.41) is 0. The van der Waals surface area contributed by atoms with Gasteiger partial charge in [0.05, 0.1) is 19.3 Å². The fraction of sp³-hybridized carbons (Fsp3) is 0.364. The summed E-state index contributed by atoms with van der Waals surface area (Å²) in [7, 11) is 3.15. The number of hydrogen-bond donors (Lipinski definition) is 0. The minimum absolute atomic E-state index is 0.288. The standard InChI is InChI=1S/C22H27NO5/c1-15(2)14-27-19-12-11-17(13-20(19)26-5)22(25)28-16(3)21(24)23(4)18-9-7-6-8-10-18/h6-13,15-16H,14H2,1-5H3/t16-/m1/s1. The van der Waals surface area contributed by atoms with Crippen LogP contribution in [0.3, 0.4) is 0 Å². The van der Waals surface area contributed by atoms with E-state index in [4.69, 9.17) is 14.2 Å². The third-order valence-electron chi connectivity index (χ3n) is 4.08. The molecule has 0 saturated carbocycles. The van der Waals surface area contributed by atoms with Crippen molar-refractivity contribution in [3.05, 3.63) is 54.1 Å². The van der Waals surface area contributed by atoms with Crippen LogP contribution in [0.5, 0.6) is 11.5 Å². The maximum Gasteiger partial charge on any atom is 0.339 e. The molecule has 0 radical (unpaired) electrons. The Morgan fingerprint density at radius 3 is 2.29 bits per heavy atom. The number of rotatable bonds is 8. The molecule has 0 saturated heterocycles. The molecular weight excluding hydrogens is 358 g/mol. The molecule has 0 heterocycles. The quantitative estimate of drug-likeness (QED) is 0.644. The molecule has 0 aromatic heterocycles. The van der Waals surface area contributed by atoms with Crippen LogP contribution in [0.4, 0.5) is 5.69 Å². The van der Waals surface area contributed by atoms with Gasteiger partial charge in [0.2, 0.25) is 0 Å². The van der Waals surface area contributed by atoms with Crippen molar-refractivity contribution >= 4 is 17.6 Å². The van der Waals surface area contributed by atoms with E-state index in [1.165, 1.54) is 12.0 Å². The van der Waals surface area contributed by atoms with Crippen LogP contribution in [0.15, 0.2) is 48.5 Å². The largest absolute Gasteiger partial charge is 0.493 e. The Bertz CT molecular complexity index is 804. The fourth-order valence-corrected chi connectivity index (χ4v) is 2.50. The molecule has 0 fully saturated rings. The molecule has 0 N–H and O–H groups in total. The third kappa shape index (κ3) is 5.49. The Balaban J connectivity index is 2.06. The van der Waals surface area contributed by atoms with E-state index in [1.807, 2.05) is 44.2 Å². The first-order valence-corrected chi connectivity index (χ1v) is 9.18. The van der Waals surface area contributed by atoms with Gasteiger partial charge >= 0.3 is 5.97 Å². The van der Waals surface area contributed by atoms with Crippen LogP contribution in [0.25, 0.3) is 0 Å². The van der Waals surface area contributed by atoms with Gasteiger partial charge in [-0.15, -0.1) is 0 Å². The molecule has 0 spiro atoms. The summed E-state index contributed by atoms with van der Waals surface area (Å²) < 4.78 is 16.3. The minimum atomic E-state index is -0.930. The molecule has 2 aromatic carbocycles. The number of esters is 1. The van der Waals surface area contributed by atoms with Gasteiger partial charge in [-0.1, -0.05) is 32.0 Å². The number of amides is 1. The minimum Gasteiger partial charge on any atom is -0.493 e. The van der Waals surface area contributed by atoms with Crippen molar-refractivity contribution in [3.63, 3.8) is 0 Å². The lowest BCUT2D eigenvalue weighted by molar-refractivity contribution is -0.126. The molecule has 28 heavy (non-hydrogen) atoms. The summed E-state index contributed by atoms with van der Waals surface area (Å²) in [6.07, 6.45) is -0.930. The summed E-state index contributed by atoms with van der Waals surface area (Å²) in [5.41, 5.74) is 1.01. The van der Waals surface area contributed by atoms with Crippen LogP contribution < -0.4 is 14.4 Å². The number of methoxy groups -OCH3 is 1. The number of ether oxygens (including phenoxy) is 3. The summed E-state index contributed by atoms with van der Waals surface area (Å²) in [4.78, 5) is 26.5. The summed E-state index contributed by atoms with van der Waals surface area (Å²) in [6, 6.07) is 14.0. The van der Waals surface area contributed by atoms with Crippen LogP contribution in [-0.2, 0) is 9.53 Å². The van der Waals surface area contributed by atoms with Crippen molar-refractivity contribution in [2.75, 3.05) is 25.7 Å². The second-order valence-corrected chi connectivity index (χ2v) is 6.85. The second kappa shape index (κ2) is 9.78. The van der Waals surface area contributed by atoms with Crippen LogP contribution in [0, 0.1) is 5.92 Å². The lowest BCUT2D eigenvalue weighted by atomic mass is 10.2. The highest BCUT2D eigenvalue weighted by Gasteiger charge is 2.23. The highest BCUT2D eigenvalue weighted by atomic mass is 16.5. The first-order chi connectivity index (χ1) is 13.3. The molecule has 0 aliphatic rings. The molecule has 0 unspecified atom stereocenters. The fourth-order valence-electron chi connectivity index (χ4n) is 2.50. The van der Waals surface area contributed by atoms with Gasteiger partial charge in [-0.25, -0.2) is 4.79 Å². The van der Waals surface area contributed by atoms with Gasteiger partial charge in [0, 0.05) is 12.7 Å². The molecule has 0 bridgehead atoms. The number of carbonyl (C=O) groups is 2. The molecule has 1 amide bonds. The third-order valence-corrected chi connectivity index (χ3v) is 4.08. The maximum atomic E-state index is 12.5. The normalized spacial score (nSPS) is 11.6. The van der Waals surface area contributed by atoms with Gasteiger partial charge in [0.25, 0.3) is 5.91 Å². The number of hydrogen-bond acceptors (Lipinski definition) is 5. The lowest BCUT2D eigenvalue weighted by Crippen LogP contribution is -2.37. The van der Waals surface area contributed by atoms with Crippen molar-refractivity contribution < 1.29 is 23.8 Å². The van der Waals surface area contributed by atoms with E-state index in [0.717, 1.165) is 5.69 Å². The Morgan fingerprint density at radius 1 is 1.00 bits per heavy atom. The van der Waals surface area contributed by atoms with Crippen LogP contribution in [0.1, 0.15) is 31.1 Å². The Kier molecular flexibility index (Phi) is 7.44. The zero-order valence-corrected chi connectivity index (χ0v) is 17.0. The molecule has 2 aromatic rings. The predicted molar refractivity (Wildman–Crippen MR) is 108 cm³/mol. The number of anilines is 1. The second-order valence-electron chi connectivity index (χ2n) is 6.85. The van der Waals surface area contributed by atoms with Crippen molar-refractivity contribution in [2.45, 2.75) is 26.9 Å². The molecule has 1 atom stereocenters. The van der Waals surface area contributed by atoms with Crippen LogP contribution in [-0.4, -0.2) is 38.7 Å². The SMILES string of the molecule is COc1cc(C(=O)O[C@H](C)C(=O)N(C)c2ccccc2)ccc1OCC(C)C. The molecule has 6 nitrogen and oxygen atoms in total. The Morgan fingerprint density at radius 2 is 1.68 bits per heavy atom. The van der Waals surface area contributed by atoms with Gasteiger partial charge in [-0.2, -0.15) is 0 Å². The first kappa shape index (κ1) is 21.3. The van der Waals surface area contributed by atoms with Crippen molar-refractivity contribution in [1.29, 1.82) is 0 Å². The molecule has 0 aliphatic heterocycles. The topological polar surface area (TPSA) is 65.1 Å². The average Bonchev–Trinajstić information content (AvgIpc) is 2.71. The van der Waals surface area contributed by atoms with Crippen molar-refractivity contribution in [1.82, 2.24) is 0 Å². The number of benzene rings is 2. The first-order valence-electron chi connectivity index (χ1n) is 9.18. The summed E-state index contributed by atoms with van der Waals surface area (Å²) in [6.45, 7) is 6.18. The highest BCUT2D eigenvalue weighted by Crippen LogP contribution is 2.29. The number of carbonyl (C=O) groups excluding carboxylic acids is 2. The highest BCUT2D eigenvalue weighted by molar-refractivity contribution is 5.98. The molecular formula is C22H27NO5. The monoisotopic (exact) mass is 385 g/mol. The van der Waals surface area contributed by atoms with E-state index in [-0.39, 0.29) is 11.5 Å². The van der Waals surface area contributed by atoms with E-state index in [2.05, 4.69) is 0 Å². The van der Waals surface area contributed by atoms with Gasteiger partial charge in [0.15, 0.2) is 17.6 Å². The van der Waals surface area contributed by atoms with E-state index in [9.17, 15) is 9.59 Å². The zero-order chi connectivity index (χ0) is 20.7. The molecule has 2 rings (SSSR count). The van der Waals surface area contributed by atoms with Gasteiger partial charge in [-0.3, -0.25) is 4.79 Å². The van der Waals surface area contributed by atoms with Gasteiger partial charge in [-0.05, 0) is 43.2 Å². The van der Waals surface area contributed by atoms with Crippen LogP contribution >= 0.6 is 0 Å².